The number of aromatic nitrogens is 1. The summed E-state index contributed by atoms with van der Waals surface area (Å²) in [4.78, 5) is 15.4. The van der Waals surface area contributed by atoms with Crippen LogP contribution < -0.4 is 0 Å². The summed E-state index contributed by atoms with van der Waals surface area (Å²) in [5, 5.41) is -0.0680. The summed E-state index contributed by atoms with van der Waals surface area (Å²) in [6.45, 7) is 1.64. The van der Waals surface area contributed by atoms with Gasteiger partial charge in [-0.1, -0.05) is 11.6 Å². The van der Waals surface area contributed by atoms with E-state index in [2.05, 4.69) is 4.98 Å². The molecular formula is C13H9ClF3NO2. The summed E-state index contributed by atoms with van der Waals surface area (Å²) in [5.41, 5.74) is -1.15. The van der Waals surface area contributed by atoms with Crippen molar-refractivity contribution in [2.45, 2.75) is 13.1 Å². The Balaban J connectivity index is 2.71. The molecule has 0 spiro atoms. The molecule has 0 amide bonds. The zero-order valence-electron chi connectivity index (χ0n) is 10.3. The van der Waals surface area contributed by atoms with Gasteiger partial charge in [-0.25, -0.2) is 9.78 Å². The highest BCUT2D eigenvalue weighted by molar-refractivity contribution is 6.29. The third kappa shape index (κ3) is 2.85. The van der Waals surface area contributed by atoms with Crippen molar-refractivity contribution in [1.29, 1.82) is 0 Å². The van der Waals surface area contributed by atoms with Crippen molar-refractivity contribution in [3.05, 3.63) is 40.5 Å². The van der Waals surface area contributed by atoms with Gasteiger partial charge in [0, 0.05) is 5.39 Å². The first kappa shape index (κ1) is 14.6. The van der Waals surface area contributed by atoms with Gasteiger partial charge in [0.05, 0.1) is 23.3 Å². The number of hydrogen-bond acceptors (Lipinski definition) is 3. The average Bonchev–Trinajstić information content (AvgIpc) is 2.36. The molecule has 0 fully saturated rings. The first-order valence-electron chi connectivity index (χ1n) is 5.67. The highest BCUT2D eigenvalue weighted by atomic mass is 35.5. The Kier molecular flexibility index (Phi) is 3.85. The number of esters is 1. The Morgan fingerprint density at radius 2 is 2.05 bits per heavy atom. The zero-order valence-corrected chi connectivity index (χ0v) is 11.0. The van der Waals surface area contributed by atoms with Crippen LogP contribution in [0.25, 0.3) is 10.9 Å². The van der Waals surface area contributed by atoms with Crippen molar-refractivity contribution in [3.8, 4) is 0 Å². The molecule has 0 bridgehead atoms. The van der Waals surface area contributed by atoms with Gasteiger partial charge < -0.3 is 4.74 Å². The van der Waals surface area contributed by atoms with Crippen molar-refractivity contribution in [1.82, 2.24) is 4.98 Å². The predicted octanol–water partition coefficient (Wildman–Crippen LogP) is 4.08. The first-order valence-corrected chi connectivity index (χ1v) is 6.05. The molecule has 1 aromatic carbocycles. The molecule has 7 heteroatoms. The van der Waals surface area contributed by atoms with Gasteiger partial charge in [-0.05, 0) is 31.2 Å². The van der Waals surface area contributed by atoms with Crippen LogP contribution in [0.3, 0.4) is 0 Å². The van der Waals surface area contributed by atoms with Crippen LogP contribution >= 0.6 is 11.6 Å². The first-order chi connectivity index (χ1) is 9.32. The number of rotatable bonds is 2. The van der Waals surface area contributed by atoms with Crippen LogP contribution in [0.2, 0.25) is 5.15 Å². The second-order valence-corrected chi connectivity index (χ2v) is 4.33. The molecule has 3 nitrogen and oxygen atoms in total. The SMILES string of the molecule is CCOC(=O)c1cc(C(F)(F)F)c2ccc(Cl)nc2c1. The fourth-order valence-electron chi connectivity index (χ4n) is 1.78. The average molecular weight is 304 g/mol. The van der Waals surface area contributed by atoms with Gasteiger partial charge in [-0.2, -0.15) is 13.2 Å². The molecule has 106 valence electrons. The molecule has 0 saturated carbocycles. The fraction of sp³-hybridized carbons (Fsp3) is 0.231. The Morgan fingerprint density at radius 3 is 2.65 bits per heavy atom. The van der Waals surface area contributed by atoms with Gasteiger partial charge in [-0.3, -0.25) is 0 Å². The Labute approximate surface area is 117 Å². The van der Waals surface area contributed by atoms with Crippen LogP contribution in [-0.2, 0) is 10.9 Å². The van der Waals surface area contributed by atoms with E-state index in [9.17, 15) is 18.0 Å². The molecule has 1 aromatic heterocycles. The van der Waals surface area contributed by atoms with Gasteiger partial charge in [0.1, 0.15) is 5.15 Å². The van der Waals surface area contributed by atoms with Gasteiger partial charge in [0.2, 0.25) is 0 Å². The molecule has 0 aliphatic rings. The van der Waals surface area contributed by atoms with Crippen LogP contribution in [0.4, 0.5) is 13.2 Å². The van der Waals surface area contributed by atoms with E-state index >= 15 is 0 Å². The van der Waals surface area contributed by atoms with E-state index in [4.69, 9.17) is 16.3 Å². The van der Waals surface area contributed by atoms with Crippen LogP contribution in [0.1, 0.15) is 22.8 Å². The monoisotopic (exact) mass is 303 g/mol. The zero-order chi connectivity index (χ0) is 14.9. The third-order valence-corrected chi connectivity index (χ3v) is 2.80. The van der Waals surface area contributed by atoms with E-state index in [0.29, 0.717) is 0 Å². The number of fused-ring (bicyclic) bond motifs is 1. The maximum Gasteiger partial charge on any atom is 0.417 e. The van der Waals surface area contributed by atoms with Crippen molar-refractivity contribution in [2.75, 3.05) is 6.61 Å². The lowest BCUT2D eigenvalue weighted by Gasteiger charge is -2.12. The molecule has 0 aliphatic heterocycles. The lowest BCUT2D eigenvalue weighted by Crippen LogP contribution is -2.11. The summed E-state index contributed by atoms with van der Waals surface area (Å²) >= 11 is 5.67. The maximum atomic E-state index is 13.0. The number of benzene rings is 1. The molecule has 0 radical (unpaired) electrons. The van der Waals surface area contributed by atoms with E-state index in [1.807, 2.05) is 0 Å². The van der Waals surface area contributed by atoms with E-state index in [-0.39, 0.29) is 28.2 Å². The summed E-state index contributed by atoms with van der Waals surface area (Å²) in [7, 11) is 0. The molecule has 0 atom stereocenters. The smallest absolute Gasteiger partial charge is 0.417 e. The van der Waals surface area contributed by atoms with Crippen LogP contribution in [0, 0.1) is 0 Å². The van der Waals surface area contributed by atoms with Gasteiger partial charge in [0.15, 0.2) is 0 Å². The lowest BCUT2D eigenvalue weighted by molar-refractivity contribution is -0.136. The predicted molar refractivity (Wildman–Crippen MR) is 67.7 cm³/mol. The molecule has 0 N–H and O–H groups in total. The standard InChI is InChI=1S/C13H9ClF3NO2/c1-2-20-12(19)7-5-9(13(15,16)17)8-3-4-11(14)18-10(8)6-7/h3-6H,2H2,1H3. The number of ether oxygens (including phenoxy) is 1. The number of carbonyl (C=O) groups excluding carboxylic acids is 1. The summed E-state index contributed by atoms with van der Waals surface area (Å²) < 4.78 is 43.8. The number of halogens is 4. The highest BCUT2D eigenvalue weighted by Crippen LogP contribution is 2.35. The normalized spacial score (nSPS) is 11.7. The largest absolute Gasteiger partial charge is 0.462 e. The van der Waals surface area contributed by atoms with Crippen molar-refractivity contribution >= 4 is 28.5 Å². The maximum absolute atomic E-state index is 13.0. The topological polar surface area (TPSA) is 39.2 Å². The van der Waals surface area contributed by atoms with Crippen LogP contribution in [0.5, 0.6) is 0 Å². The molecular weight excluding hydrogens is 295 g/mol. The number of carbonyl (C=O) groups is 1. The molecule has 2 rings (SSSR count). The number of hydrogen-bond donors (Lipinski definition) is 0. The molecule has 0 saturated heterocycles. The fourth-order valence-corrected chi connectivity index (χ4v) is 1.93. The van der Waals surface area contributed by atoms with Gasteiger partial charge in [-0.15, -0.1) is 0 Å². The van der Waals surface area contributed by atoms with Crippen molar-refractivity contribution in [2.24, 2.45) is 0 Å². The molecule has 20 heavy (non-hydrogen) atoms. The second-order valence-electron chi connectivity index (χ2n) is 3.94. The van der Waals surface area contributed by atoms with Crippen molar-refractivity contribution in [3.63, 3.8) is 0 Å². The van der Waals surface area contributed by atoms with E-state index in [0.717, 1.165) is 6.07 Å². The number of alkyl halides is 3. The Morgan fingerprint density at radius 1 is 1.35 bits per heavy atom. The van der Waals surface area contributed by atoms with E-state index in [1.165, 1.54) is 18.2 Å². The molecule has 1 heterocycles. The summed E-state index contributed by atoms with van der Waals surface area (Å²) in [6.07, 6.45) is -4.60. The number of nitrogens with zero attached hydrogens (tertiary/aromatic N) is 1. The number of pyridine rings is 1. The van der Waals surface area contributed by atoms with Crippen LogP contribution in [0.15, 0.2) is 24.3 Å². The minimum absolute atomic E-state index is 0.00428. The van der Waals surface area contributed by atoms with Crippen LogP contribution in [-0.4, -0.2) is 17.6 Å². The lowest BCUT2D eigenvalue weighted by atomic mass is 10.0. The minimum Gasteiger partial charge on any atom is -0.462 e. The van der Waals surface area contributed by atoms with E-state index < -0.39 is 17.7 Å². The third-order valence-electron chi connectivity index (χ3n) is 2.59. The summed E-state index contributed by atoms with van der Waals surface area (Å²) in [5.74, 6) is -0.832. The van der Waals surface area contributed by atoms with Gasteiger partial charge >= 0.3 is 12.1 Å². The highest BCUT2D eigenvalue weighted by Gasteiger charge is 2.34. The van der Waals surface area contributed by atoms with Crippen molar-refractivity contribution < 1.29 is 22.7 Å². The Bertz CT molecular complexity index is 670. The Hall–Kier alpha value is -1.82. The summed E-state index contributed by atoms with van der Waals surface area (Å²) in [6, 6.07) is 4.48. The quantitative estimate of drug-likeness (QED) is 0.620. The molecule has 2 aromatic rings. The molecule has 0 unspecified atom stereocenters. The van der Waals surface area contributed by atoms with E-state index in [1.54, 1.807) is 6.92 Å². The van der Waals surface area contributed by atoms with Gasteiger partial charge in [0.25, 0.3) is 0 Å². The second kappa shape index (κ2) is 5.28. The molecule has 0 aliphatic carbocycles. The minimum atomic E-state index is -4.60.